The van der Waals surface area contributed by atoms with Gasteiger partial charge in [0.05, 0.1) is 0 Å². The van der Waals surface area contributed by atoms with Gasteiger partial charge in [0.25, 0.3) is 0 Å². The van der Waals surface area contributed by atoms with Gasteiger partial charge in [0.1, 0.15) is 11.6 Å². The van der Waals surface area contributed by atoms with Gasteiger partial charge in [-0.25, -0.2) is 4.39 Å². The number of benzene rings is 1. The number of nitrogens with zero attached hydrogens (tertiary/aromatic N) is 6. The van der Waals surface area contributed by atoms with Crippen LogP contribution in [0.1, 0.15) is 0 Å². The lowest BCUT2D eigenvalue weighted by Gasteiger charge is -2.36. The molecule has 0 bridgehead atoms. The van der Waals surface area contributed by atoms with Crippen LogP contribution in [0.2, 0.25) is 0 Å². The minimum absolute atomic E-state index is 0.191. The summed E-state index contributed by atoms with van der Waals surface area (Å²) >= 11 is 1.63. The van der Waals surface area contributed by atoms with E-state index < -0.39 is 0 Å². The molecule has 3 aromatic heterocycles. The molecule has 1 aliphatic heterocycles. The summed E-state index contributed by atoms with van der Waals surface area (Å²) < 4.78 is 14.9. The van der Waals surface area contributed by atoms with Gasteiger partial charge in [0.2, 0.25) is 0 Å². The first-order chi connectivity index (χ1) is 14.8. The third-order valence-corrected chi connectivity index (χ3v) is 6.02. The van der Waals surface area contributed by atoms with Gasteiger partial charge in [-0.15, -0.1) is 15.3 Å². The largest absolute Gasteiger partial charge is 0.369 e. The van der Waals surface area contributed by atoms with Crippen molar-refractivity contribution in [3.8, 4) is 11.4 Å². The fraction of sp³-hybridized carbons (Fsp3) is 0.286. The minimum atomic E-state index is -0.191. The maximum absolute atomic E-state index is 13.1. The second-order valence-electron chi connectivity index (χ2n) is 7.26. The summed E-state index contributed by atoms with van der Waals surface area (Å²) in [5, 5.41) is 20.6. The number of anilines is 2. The summed E-state index contributed by atoms with van der Waals surface area (Å²) in [4.78, 5) is 4.73. The van der Waals surface area contributed by atoms with Crippen LogP contribution in [-0.4, -0.2) is 64.0 Å². The van der Waals surface area contributed by atoms with Crippen LogP contribution >= 0.6 is 11.3 Å². The number of piperazine rings is 1. The van der Waals surface area contributed by atoms with E-state index in [1.165, 1.54) is 12.1 Å². The molecule has 5 rings (SSSR count). The van der Waals surface area contributed by atoms with E-state index in [1.807, 2.05) is 41.1 Å². The van der Waals surface area contributed by atoms with Crippen LogP contribution < -0.4 is 10.2 Å². The van der Waals surface area contributed by atoms with Gasteiger partial charge in [0, 0.05) is 55.9 Å². The molecule has 7 nitrogen and oxygen atoms in total. The van der Waals surface area contributed by atoms with E-state index in [0.29, 0.717) is 0 Å². The Morgan fingerprint density at radius 1 is 0.967 bits per heavy atom. The third-order valence-electron chi connectivity index (χ3n) is 5.34. The summed E-state index contributed by atoms with van der Waals surface area (Å²) in [6.07, 6.45) is 0. The molecule has 30 heavy (non-hydrogen) atoms. The van der Waals surface area contributed by atoms with E-state index in [-0.39, 0.29) is 5.82 Å². The zero-order chi connectivity index (χ0) is 20.3. The van der Waals surface area contributed by atoms with Gasteiger partial charge in [-0.2, -0.15) is 15.9 Å². The average Bonchev–Trinajstić information content (AvgIpc) is 3.44. The van der Waals surface area contributed by atoms with Crippen LogP contribution in [0, 0.1) is 5.82 Å². The third kappa shape index (κ3) is 3.99. The SMILES string of the molecule is Fc1ccc(N2CCN(CCNc3ccc4nnc(-c5ccsc5)n4n3)CC2)cc1. The molecule has 9 heteroatoms. The molecule has 0 atom stereocenters. The summed E-state index contributed by atoms with van der Waals surface area (Å²) in [6, 6.07) is 12.6. The molecular formula is C21H22FN7S. The van der Waals surface area contributed by atoms with Crippen LogP contribution in [0.3, 0.4) is 0 Å². The summed E-state index contributed by atoms with van der Waals surface area (Å²) in [5.74, 6) is 1.37. The molecule has 1 aromatic carbocycles. The zero-order valence-electron chi connectivity index (χ0n) is 16.4. The number of nitrogens with one attached hydrogen (secondary N) is 1. The predicted octanol–water partition coefficient (Wildman–Crippen LogP) is 3.23. The molecular weight excluding hydrogens is 401 g/mol. The molecule has 1 fully saturated rings. The Morgan fingerprint density at radius 2 is 1.80 bits per heavy atom. The lowest BCUT2D eigenvalue weighted by molar-refractivity contribution is 0.267. The molecule has 4 heterocycles. The Morgan fingerprint density at radius 3 is 2.57 bits per heavy atom. The van der Waals surface area contributed by atoms with Crippen LogP contribution in [0.15, 0.2) is 53.2 Å². The van der Waals surface area contributed by atoms with Crippen molar-refractivity contribution in [1.29, 1.82) is 0 Å². The van der Waals surface area contributed by atoms with E-state index in [9.17, 15) is 4.39 Å². The van der Waals surface area contributed by atoms with Gasteiger partial charge in [-0.05, 0) is 47.8 Å². The zero-order valence-corrected chi connectivity index (χ0v) is 17.2. The van der Waals surface area contributed by atoms with Crippen molar-refractivity contribution in [3.05, 3.63) is 59.0 Å². The monoisotopic (exact) mass is 423 g/mol. The fourth-order valence-electron chi connectivity index (χ4n) is 3.68. The topological polar surface area (TPSA) is 61.6 Å². The Kier molecular flexibility index (Phi) is 5.29. The maximum atomic E-state index is 13.1. The second kappa shape index (κ2) is 8.37. The van der Waals surface area contributed by atoms with Crippen LogP contribution in [0.5, 0.6) is 0 Å². The van der Waals surface area contributed by atoms with E-state index >= 15 is 0 Å². The predicted molar refractivity (Wildman–Crippen MR) is 118 cm³/mol. The molecule has 0 unspecified atom stereocenters. The van der Waals surface area contributed by atoms with Crippen LogP contribution in [-0.2, 0) is 0 Å². The highest BCUT2D eigenvalue weighted by atomic mass is 32.1. The quantitative estimate of drug-likeness (QED) is 0.514. The molecule has 0 saturated carbocycles. The summed E-state index contributed by atoms with van der Waals surface area (Å²) in [5.41, 5.74) is 2.84. The van der Waals surface area contributed by atoms with E-state index in [4.69, 9.17) is 0 Å². The van der Waals surface area contributed by atoms with Crippen molar-refractivity contribution < 1.29 is 4.39 Å². The number of aromatic nitrogens is 4. The molecule has 1 N–H and O–H groups in total. The number of hydrogen-bond acceptors (Lipinski definition) is 7. The Bertz CT molecular complexity index is 1100. The van der Waals surface area contributed by atoms with Gasteiger partial charge in [-0.1, -0.05) is 0 Å². The fourth-order valence-corrected chi connectivity index (χ4v) is 4.31. The average molecular weight is 424 g/mol. The molecule has 1 aliphatic rings. The van der Waals surface area contributed by atoms with E-state index in [0.717, 1.165) is 67.8 Å². The number of thiophene rings is 1. The van der Waals surface area contributed by atoms with Crippen molar-refractivity contribution in [1.82, 2.24) is 24.7 Å². The number of hydrogen-bond donors (Lipinski definition) is 1. The lowest BCUT2D eigenvalue weighted by Crippen LogP contribution is -2.47. The first-order valence-corrected chi connectivity index (χ1v) is 10.9. The number of fused-ring (bicyclic) bond motifs is 1. The molecule has 154 valence electrons. The molecule has 0 spiro atoms. The number of halogens is 1. The first-order valence-electron chi connectivity index (χ1n) is 9.98. The standard InChI is InChI=1S/C21H22FN7S/c22-17-1-3-18(4-2-17)28-12-10-27(11-13-28)9-8-23-19-5-6-20-24-25-21(29(20)26-19)16-7-14-30-15-16/h1-7,14-15H,8-13H2,(H,23,26). The van der Waals surface area contributed by atoms with Gasteiger partial charge < -0.3 is 10.2 Å². The summed E-state index contributed by atoms with van der Waals surface area (Å²) in [6.45, 7) is 5.61. The molecule has 4 aromatic rings. The molecule has 0 aliphatic carbocycles. The highest BCUT2D eigenvalue weighted by molar-refractivity contribution is 7.08. The van der Waals surface area contributed by atoms with Crippen molar-refractivity contribution in [2.45, 2.75) is 0 Å². The summed E-state index contributed by atoms with van der Waals surface area (Å²) in [7, 11) is 0. The Balaban J connectivity index is 1.15. The van der Waals surface area contributed by atoms with E-state index in [1.54, 1.807) is 15.9 Å². The Hall–Kier alpha value is -3.04. The Labute approximate surface area is 177 Å². The van der Waals surface area contributed by atoms with Crippen LogP contribution in [0.25, 0.3) is 17.0 Å². The maximum Gasteiger partial charge on any atom is 0.186 e. The van der Waals surface area contributed by atoms with Gasteiger partial charge >= 0.3 is 0 Å². The van der Waals surface area contributed by atoms with Crippen molar-refractivity contribution in [3.63, 3.8) is 0 Å². The van der Waals surface area contributed by atoms with Crippen molar-refractivity contribution in [2.75, 3.05) is 49.5 Å². The van der Waals surface area contributed by atoms with Crippen molar-refractivity contribution >= 4 is 28.5 Å². The molecule has 0 radical (unpaired) electrons. The smallest absolute Gasteiger partial charge is 0.186 e. The number of rotatable bonds is 6. The highest BCUT2D eigenvalue weighted by Gasteiger charge is 2.17. The minimum Gasteiger partial charge on any atom is -0.369 e. The second-order valence-corrected chi connectivity index (χ2v) is 8.04. The highest BCUT2D eigenvalue weighted by Crippen LogP contribution is 2.21. The van der Waals surface area contributed by atoms with E-state index in [2.05, 4.69) is 30.4 Å². The van der Waals surface area contributed by atoms with Crippen LogP contribution in [0.4, 0.5) is 15.9 Å². The normalized spacial score (nSPS) is 15.0. The van der Waals surface area contributed by atoms with Crippen molar-refractivity contribution in [2.24, 2.45) is 0 Å². The first kappa shape index (κ1) is 19.0. The van der Waals surface area contributed by atoms with Gasteiger partial charge in [0.15, 0.2) is 11.5 Å². The van der Waals surface area contributed by atoms with Gasteiger partial charge in [-0.3, -0.25) is 4.90 Å². The molecule has 1 saturated heterocycles. The lowest BCUT2D eigenvalue weighted by atomic mass is 10.2. The molecule has 0 amide bonds.